The lowest BCUT2D eigenvalue weighted by Gasteiger charge is -2.31. The number of hydrogen-bond donors (Lipinski definition) is 3. The number of para-hydroxylation sites is 1. The van der Waals surface area contributed by atoms with Crippen LogP contribution >= 0.6 is 0 Å². The van der Waals surface area contributed by atoms with Gasteiger partial charge in [-0.25, -0.2) is 0 Å². The molecule has 1 aliphatic carbocycles. The number of hydrogen-bond acceptors (Lipinski definition) is 4. The molecule has 0 aliphatic heterocycles. The minimum Gasteiger partial charge on any atom is -0.482 e. The topological polar surface area (TPSA) is 61.7 Å². The average Bonchev–Trinajstić information content (AvgIpc) is 2.80. The highest BCUT2D eigenvalue weighted by Gasteiger charge is 2.46. The van der Waals surface area contributed by atoms with Crippen molar-refractivity contribution in [3.63, 3.8) is 0 Å². The van der Waals surface area contributed by atoms with Gasteiger partial charge in [0.25, 0.3) is 0 Å². The zero-order valence-corrected chi connectivity index (χ0v) is 12.6. The number of nitrogens with one attached hydrogen (secondary N) is 1. The van der Waals surface area contributed by atoms with Crippen molar-refractivity contribution in [1.82, 2.24) is 5.32 Å². The smallest absolute Gasteiger partial charge is 0.154 e. The van der Waals surface area contributed by atoms with Crippen molar-refractivity contribution in [2.45, 2.75) is 24.7 Å². The number of likely N-dealkylation sites (N-methyl/N-ethyl adjacent to an activating group) is 1. The summed E-state index contributed by atoms with van der Waals surface area (Å²) >= 11 is 0. The first-order chi connectivity index (χ1) is 10.7. The van der Waals surface area contributed by atoms with Gasteiger partial charge in [0.05, 0.1) is 6.61 Å². The van der Waals surface area contributed by atoms with E-state index in [0.29, 0.717) is 18.7 Å². The number of fused-ring (bicyclic) bond motifs is 1. The summed E-state index contributed by atoms with van der Waals surface area (Å²) in [6, 6.07) is 15.3. The van der Waals surface area contributed by atoms with Gasteiger partial charge in [-0.05, 0) is 24.2 Å². The molecule has 0 amide bonds. The molecule has 0 spiro atoms. The maximum atomic E-state index is 11.0. The number of benzene rings is 2. The van der Waals surface area contributed by atoms with E-state index in [0.717, 1.165) is 16.7 Å². The van der Waals surface area contributed by atoms with Crippen LogP contribution in [0.1, 0.15) is 22.8 Å². The molecule has 3 rings (SSSR count). The van der Waals surface area contributed by atoms with Gasteiger partial charge in [0.2, 0.25) is 0 Å². The molecule has 4 heteroatoms. The van der Waals surface area contributed by atoms with Crippen LogP contribution in [0.4, 0.5) is 0 Å². The molecule has 116 valence electrons. The summed E-state index contributed by atoms with van der Waals surface area (Å²) in [5, 5.41) is 23.6. The Bertz CT molecular complexity index is 658. The van der Waals surface area contributed by atoms with Crippen molar-refractivity contribution in [3.05, 3.63) is 65.2 Å². The van der Waals surface area contributed by atoms with Crippen LogP contribution < -0.4 is 10.1 Å². The van der Waals surface area contributed by atoms with Gasteiger partial charge < -0.3 is 20.3 Å². The fourth-order valence-corrected chi connectivity index (χ4v) is 3.17. The molecule has 2 aromatic carbocycles. The largest absolute Gasteiger partial charge is 0.482 e. The highest BCUT2D eigenvalue weighted by atomic mass is 16.5. The van der Waals surface area contributed by atoms with Gasteiger partial charge in [-0.2, -0.15) is 0 Å². The Labute approximate surface area is 130 Å². The third kappa shape index (κ3) is 2.61. The Morgan fingerprint density at radius 2 is 1.91 bits per heavy atom. The number of rotatable bonds is 5. The molecule has 1 aliphatic rings. The summed E-state index contributed by atoms with van der Waals surface area (Å²) < 4.78 is 6.14. The lowest BCUT2D eigenvalue weighted by Crippen LogP contribution is -2.45. The lowest BCUT2D eigenvalue weighted by molar-refractivity contribution is -0.0490. The number of aliphatic hydroxyl groups excluding tert-OH is 1. The van der Waals surface area contributed by atoms with E-state index in [1.807, 2.05) is 55.6 Å². The van der Waals surface area contributed by atoms with Crippen molar-refractivity contribution in [3.8, 4) is 5.75 Å². The Hall–Kier alpha value is -1.88. The first-order valence-electron chi connectivity index (χ1n) is 7.48. The van der Waals surface area contributed by atoms with Gasteiger partial charge >= 0.3 is 0 Å². The maximum absolute atomic E-state index is 11.0. The second-order valence-corrected chi connectivity index (χ2v) is 5.77. The Balaban J connectivity index is 1.98. The molecule has 0 saturated heterocycles. The predicted molar refractivity (Wildman–Crippen MR) is 84.8 cm³/mol. The van der Waals surface area contributed by atoms with Gasteiger partial charge in [0, 0.05) is 18.5 Å². The SMILES string of the molecule is CNCC1(O)Cc2ccccc2C1Oc1ccccc1CO. The normalized spacial score (nSPS) is 23.3. The van der Waals surface area contributed by atoms with Gasteiger partial charge in [-0.15, -0.1) is 0 Å². The molecular weight excluding hydrogens is 278 g/mol. The van der Waals surface area contributed by atoms with Crippen molar-refractivity contribution in [1.29, 1.82) is 0 Å². The number of aliphatic hydroxyl groups is 2. The summed E-state index contributed by atoms with van der Waals surface area (Å²) in [6.45, 7) is 0.350. The summed E-state index contributed by atoms with van der Waals surface area (Å²) in [5.41, 5.74) is 1.83. The minimum atomic E-state index is -0.999. The second kappa shape index (κ2) is 6.08. The zero-order chi connectivity index (χ0) is 15.6. The van der Waals surface area contributed by atoms with Gasteiger partial charge in [0.15, 0.2) is 6.10 Å². The molecule has 2 atom stereocenters. The van der Waals surface area contributed by atoms with Gasteiger partial charge in [-0.1, -0.05) is 42.5 Å². The van der Waals surface area contributed by atoms with Gasteiger partial charge in [0.1, 0.15) is 11.4 Å². The standard InChI is InChI=1S/C18H21NO3/c1-19-12-18(21)10-13-6-2-4-8-15(13)17(18)22-16-9-5-3-7-14(16)11-20/h2-9,17,19-21H,10-12H2,1H3. The molecular formula is C18H21NO3. The van der Waals surface area contributed by atoms with Crippen LogP contribution in [-0.4, -0.2) is 29.4 Å². The van der Waals surface area contributed by atoms with Crippen LogP contribution in [0.2, 0.25) is 0 Å². The van der Waals surface area contributed by atoms with E-state index in [1.165, 1.54) is 0 Å². The Morgan fingerprint density at radius 1 is 1.18 bits per heavy atom. The molecule has 2 aromatic rings. The molecule has 22 heavy (non-hydrogen) atoms. The van der Waals surface area contributed by atoms with Crippen LogP contribution in [0.3, 0.4) is 0 Å². The van der Waals surface area contributed by atoms with Crippen molar-refractivity contribution in [2.75, 3.05) is 13.6 Å². The fourth-order valence-electron chi connectivity index (χ4n) is 3.17. The summed E-state index contributed by atoms with van der Waals surface area (Å²) in [7, 11) is 1.82. The molecule has 0 aromatic heterocycles. The second-order valence-electron chi connectivity index (χ2n) is 5.77. The summed E-state index contributed by atoms with van der Waals surface area (Å²) in [5.74, 6) is 0.612. The highest BCUT2D eigenvalue weighted by molar-refractivity contribution is 5.41. The van der Waals surface area contributed by atoms with Crippen molar-refractivity contribution < 1.29 is 14.9 Å². The number of ether oxygens (including phenoxy) is 1. The molecule has 0 saturated carbocycles. The van der Waals surface area contributed by atoms with Crippen LogP contribution in [0.5, 0.6) is 5.75 Å². The van der Waals surface area contributed by atoms with Crippen molar-refractivity contribution >= 4 is 0 Å². The van der Waals surface area contributed by atoms with Crippen LogP contribution in [0.15, 0.2) is 48.5 Å². The Morgan fingerprint density at radius 3 is 2.68 bits per heavy atom. The predicted octanol–water partition coefficient (Wildman–Crippen LogP) is 1.81. The van der Waals surface area contributed by atoms with Gasteiger partial charge in [-0.3, -0.25) is 0 Å². The molecule has 4 nitrogen and oxygen atoms in total. The first-order valence-corrected chi connectivity index (χ1v) is 7.48. The van der Waals surface area contributed by atoms with E-state index in [4.69, 9.17) is 4.74 Å². The van der Waals surface area contributed by atoms with E-state index in [9.17, 15) is 10.2 Å². The maximum Gasteiger partial charge on any atom is 0.154 e. The Kier molecular flexibility index (Phi) is 4.16. The molecule has 0 heterocycles. The van der Waals surface area contributed by atoms with E-state index in [1.54, 1.807) is 0 Å². The van der Waals surface area contributed by atoms with Crippen LogP contribution in [0, 0.1) is 0 Å². The average molecular weight is 299 g/mol. The summed E-state index contributed by atoms with van der Waals surface area (Å²) in [6.07, 6.45) is 0.0968. The zero-order valence-electron chi connectivity index (χ0n) is 12.6. The monoisotopic (exact) mass is 299 g/mol. The van der Waals surface area contributed by atoms with Crippen LogP contribution in [0.25, 0.3) is 0 Å². The molecule has 0 radical (unpaired) electrons. The molecule has 2 unspecified atom stereocenters. The van der Waals surface area contributed by atoms with Crippen molar-refractivity contribution in [2.24, 2.45) is 0 Å². The molecule has 0 fully saturated rings. The minimum absolute atomic E-state index is 0.0883. The molecule has 3 N–H and O–H groups in total. The lowest BCUT2D eigenvalue weighted by atomic mass is 9.97. The van der Waals surface area contributed by atoms with E-state index in [2.05, 4.69) is 5.32 Å². The van der Waals surface area contributed by atoms with E-state index < -0.39 is 11.7 Å². The third-order valence-corrected chi connectivity index (χ3v) is 4.19. The third-order valence-electron chi connectivity index (χ3n) is 4.19. The van der Waals surface area contributed by atoms with E-state index in [-0.39, 0.29) is 6.61 Å². The fraction of sp³-hybridized carbons (Fsp3) is 0.333. The quantitative estimate of drug-likeness (QED) is 0.788. The van der Waals surface area contributed by atoms with Crippen LogP contribution in [-0.2, 0) is 13.0 Å². The summed E-state index contributed by atoms with van der Waals surface area (Å²) in [4.78, 5) is 0. The molecule has 0 bridgehead atoms. The van der Waals surface area contributed by atoms with E-state index >= 15 is 0 Å². The highest BCUT2D eigenvalue weighted by Crippen LogP contribution is 2.42. The first kappa shape index (κ1) is 15.0.